The van der Waals surface area contributed by atoms with Gasteiger partial charge in [-0.2, -0.15) is 0 Å². The standard InChI is InChI=1S/C18H13ClN4O7S2/c19-10-1-6-13(14(20)7-10)17(25)30-9-15(24)22-18-21-8-16(31-18)32(28,29)12-4-2-11(3-5-12)23(26)27/h1-8H,9,20H2,(H,21,22,24). The summed E-state index contributed by atoms with van der Waals surface area (Å²) in [6.07, 6.45) is 1.04. The third-order valence-corrected chi connectivity index (χ3v) is 7.30. The summed E-state index contributed by atoms with van der Waals surface area (Å²) in [6, 6.07) is 8.50. The highest BCUT2D eigenvalue weighted by molar-refractivity contribution is 7.93. The third-order valence-electron chi connectivity index (χ3n) is 3.92. The van der Waals surface area contributed by atoms with Crippen molar-refractivity contribution in [2.75, 3.05) is 17.7 Å². The summed E-state index contributed by atoms with van der Waals surface area (Å²) in [5, 5.41) is 13.3. The van der Waals surface area contributed by atoms with Crippen molar-refractivity contribution in [3.8, 4) is 0 Å². The van der Waals surface area contributed by atoms with Gasteiger partial charge >= 0.3 is 5.97 Å². The maximum Gasteiger partial charge on any atom is 0.340 e. The number of thiazole rings is 1. The van der Waals surface area contributed by atoms with Gasteiger partial charge in [-0.1, -0.05) is 22.9 Å². The first-order valence-electron chi connectivity index (χ1n) is 8.55. The van der Waals surface area contributed by atoms with Gasteiger partial charge in [0.05, 0.1) is 21.6 Å². The van der Waals surface area contributed by atoms with Gasteiger partial charge in [0, 0.05) is 22.8 Å². The highest BCUT2D eigenvalue weighted by Gasteiger charge is 2.23. The molecule has 0 saturated carbocycles. The minimum absolute atomic E-state index is 0.0351. The molecule has 0 bridgehead atoms. The molecule has 2 aromatic carbocycles. The number of sulfone groups is 1. The van der Waals surface area contributed by atoms with Crippen LogP contribution in [0.3, 0.4) is 0 Å². The Morgan fingerprint density at radius 2 is 1.91 bits per heavy atom. The number of carbonyl (C=O) groups excluding carboxylic acids is 2. The number of nitro groups is 1. The SMILES string of the molecule is Nc1cc(Cl)ccc1C(=O)OCC(=O)Nc1ncc(S(=O)(=O)c2ccc([N+](=O)[O-])cc2)s1. The number of ether oxygens (including phenoxy) is 1. The summed E-state index contributed by atoms with van der Waals surface area (Å²) < 4.78 is 30.0. The fourth-order valence-corrected chi connectivity index (χ4v) is 5.02. The van der Waals surface area contributed by atoms with Crippen molar-refractivity contribution in [1.29, 1.82) is 0 Å². The number of carbonyl (C=O) groups is 2. The zero-order valence-corrected chi connectivity index (χ0v) is 18.2. The number of benzene rings is 2. The second-order valence-corrected chi connectivity index (χ2v) is 9.74. The molecule has 3 rings (SSSR count). The normalized spacial score (nSPS) is 11.0. The van der Waals surface area contributed by atoms with Crippen molar-refractivity contribution in [3.63, 3.8) is 0 Å². The van der Waals surface area contributed by atoms with E-state index in [1.54, 1.807) is 0 Å². The van der Waals surface area contributed by atoms with E-state index in [1.807, 2.05) is 0 Å². The monoisotopic (exact) mass is 496 g/mol. The number of nitro benzene ring substituents is 1. The van der Waals surface area contributed by atoms with Crippen molar-refractivity contribution in [2.24, 2.45) is 0 Å². The highest BCUT2D eigenvalue weighted by Crippen LogP contribution is 2.29. The Morgan fingerprint density at radius 1 is 1.22 bits per heavy atom. The van der Waals surface area contributed by atoms with Crippen molar-refractivity contribution >= 4 is 61.2 Å². The lowest BCUT2D eigenvalue weighted by Crippen LogP contribution is -2.21. The number of aromatic nitrogens is 1. The summed E-state index contributed by atoms with van der Waals surface area (Å²) in [5.41, 5.74) is 5.55. The summed E-state index contributed by atoms with van der Waals surface area (Å²) in [6.45, 7) is -0.662. The smallest absolute Gasteiger partial charge is 0.340 e. The highest BCUT2D eigenvalue weighted by atomic mass is 35.5. The van der Waals surface area contributed by atoms with Gasteiger partial charge in [0.15, 0.2) is 11.7 Å². The number of nitrogens with zero attached hydrogens (tertiary/aromatic N) is 2. The van der Waals surface area contributed by atoms with Gasteiger partial charge in [0.25, 0.3) is 11.6 Å². The number of non-ortho nitro benzene ring substituents is 1. The molecule has 1 amide bonds. The third kappa shape index (κ3) is 5.19. The Hall–Kier alpha value is -3.55. The second-order valence-electron chi connectivity index (χ2n) is 6.09. The lowest BCUT2D eigenvalue weighted by molar-refractivity contribution is -0.384. The number of hydrogen-bond donors (Lipinski definition) is 2. The molecule has 0 unspecified atom stereocenters. The summed E-state index contributed by atoms with van der Waals surface area (Å²) in [7, 11) is -3.99. The number of anilines is 2. The van der Waals surface area contributed by atoms with Gasteiger partial charge in [0.2, 0.25) is 9.84 Å². The molecular weight excluding hydrogens is 484 g/mol. The fourth-order valence-electron chi connectivity index (χ4n) is 2.39. The molecule has 1 aromatic heterocycles. The van der Waals surface area contributed by atoms with Crippen LogP contribution < -0.4 is 11.1 Å². The minimum atomic E-state index is -3.99. The molecule has 0 radical (unpaired) electrons. The van der Waals surface area contributed by atoms with Gasteiger partial charge in [-0.15, -0.1) is 0 Å². The number of nitrogen functional groups attached to an aromatic ring is 1. The predicted molar refractivity (Wildman–Crippen MR) is 115 cm³/mol. The van der Waals surface area contributed by atoms with Crippen LogP contribution in [-0.4, -0.2) is 36.8 Å². The average molecular weight is 497 g/mol. The predicted octanol–water partition coefficient (Wildman–Crippen LogP) is 2.92. The number of hydrogen-bond acceptors (Lipinski definition) is 10. The van der Waals surface area contributed by atoms with Crippen molar-refractivity contribution in [1.82, 2.24) is 4.98 Å². The van der Waals surface area contributed by atoms with Crippen LogP contribution >= 0.6 is 22.9 Å². The van der Waals surface area contributed by atoms with E-state index >= 15 is 0 Å². The molecule has 3 aromatic rings. The molecular formula is C18H13ClN4O7S2. The van der Waals surface area contributed by atoms with Gasteiger partial charge in [-0.25, -0.2) is 18.2 Å². The average Bonchev–Trinajstić information content (AvgIpc) is 3.21. The van der Waals surface area contributed by atoms with E-state index in [1.165, 1.54) is 18.2 Å². The molecule has 11 nitrogen and oxygen atoms in total. The van der Waals surface area contributed by atoms with E-state index in [9.17, 15) is 28.1 Å². The maximum atomic E-state index is 12.6. The number of esters is 1. The summed E-state index contributed by atoms with van der Waals surface area (Å²) in [4.78, 5) is 37.8. The van der Waals surface area contributed by atoms with Gasteiger partial charge in [0.1, 0.15) is 4.21 Å². The van der Waals surface area contributed by atoms with Gasteiger partial charge in [-0.3, -0.25) is 20.2 Å². The van der Waals surface area contributed by atoms with Gasteiger partial charge < -0.3 is 10.5 Å². The second kappa shape index (κ2) is 9.30. The molecule has 0 aliphatic carbocycles. The molecule has 1 heterocycles. The maximum absolute atomic E-state index is 12.6. The Labute approximate surface area is 189 Å². The van der Waals surface area contributed by atoms with Crippen LogP contribution in [0.15, 0.2) is 57.8 Å². The molecule has 0 aliphatic rings. The molecule has 0 saturated heterocycles. The van der Waals surface area contributed by atoms with E-state index in [-0.39, 0.29) is 31.2 Å². The quantitative estimate of drug-likeness (QED) is 0.216. The number of nitrogens with two attached hydrogens (primary N) is 1. The first-order valence-corrected chi connectivity index (χ1v) is 11.2. The molecule has 166 valence electrons. The van der Waals surface area contributed by atoms with Crippen LogP contribution in [0.2, 0.25) is 5.02 Å². The fraction of sp³-hybridized carbons (Fsp3) is 0.0556. The number of nitrogens with one attached hydrogen (secondary N) is 1. The minimum Gasteiger partial charge on any atom is -0.452 e. The summed E-state index contributed by atoms with van der Waals surface area (Å²) in [5.74, 6) is -1.59. The Bertz CT molecular complexity index is 1310. The van der Waals surface area contributed by atoms with Crippen LogP contribution in [0, 0.1) is 10.1 Å². The van der Waals surface area contributed by atoms with Crippen LogP contribution in [0.1, 0.15) is 10.4 Å². The lowest BCUT2D eigenvalue weighted by atomic mass is 10.2. The summed E-state index contributed by atoms with van der Waals surface area (Å²) >= 11 is 6.43. The Balaban J connectivity index is 1.63. The van der Waals surface area contributed by atoms with E-state index in [0.717, 1.165) is 30.5 Å². The molecule has 0 atom stereocenters. The van der Waals surface area contributed by atoms with Gasteiger partial charge in [-0.05, 0) is 30.3 Å². The zero-order chi connectivity index (χ0) is 23.5. The van der Waals surface area contributed by atoms with Crippen LogP contribution in [0.4, 0.5) is 16.5 Å². The van der Waals surface area contributed by atoms with Crippen LogP contribution in [0.25, 0.3) is 0 Å². The Morgan fingerprint density at radius 3 is 2.53 bits per heavy atom. The number of halogens is 1. The van der Waals surface area contributed by atoms with E-state index < -0.39 is 33.2 Å². The Kier molecular flexibility index (Phi) is 6.72. The van der Waals surface area contributed by atoms with E-state index in [2.05, 4.69) is 10.3 Å². The molecule has 32 heavy (non-hydrogen) atoms. The van der Waals surface area contributed by atoms with Crippen molar-refractivity contribution in [3.05, 3.63) is 69.4 Å². The number of amides is 1. The molecule has 3 N–H and O–H groups in total. The first-order chi connectivity index (χ1) is 15.1. The lowest BCUT2D eigenvalue weighted by Gasteiger charge is -2.07. The largest absolute Gasteiger partial charge is 0.452 e. The molecule has 0 spiro atoms. The topological polar surface area (TPSA) is 172 Å². The van der Waals surface area contributed by atoms with Crippen LogP contribution in [0.5, 0.6) is 0 Å². The number of rotatable bonds is 7. The molecule has 0 fully saturated rings. The van der Waals surface area contributed by atoms with E-state index in [0.29, 0.717) is 16.4 Å². The van der Waals surface area contributed by atoms with Crippen molar-refractivity contribution in [2.45, 2.75) is 9.10 Å². The zero-order valence-electron chi connectivity index (χ0n) is 15.8. The molecule has 14 heteroatoms. The van der Waals surface area contributed by atoms with Crippen LogP contribution in [-0.2, 0) is 19.4 Å². The molecule has 0 aliphatic heterocycles. The van der Waals surface area contributed by atoms with Crippen molar-refractivity contribution < 1.29 is 27.7 Å². The first kappa shape index (κ1) is 23.1. The van der Waals surface area contributed by atoms with E-state index in [4.69, 9.17) is 22.1 Å².